The van der Waals surface area contributed by atoms with E-state index in [0.717, 1.165) is 12.0 Å². The molecule has 2 heterocycles. The monoisotopic (exact) mass is 323 g/mol. The van der Waals surface area contributed by atoms with Gasteiger partial charge in [0.05, 0.1) is 0 Å². The number of pyridine rings is 1. The van der Waals surface area contributed by atoms with Gasteiger partial charge in [-0.1, -0.05) is 18.2 Å². The van der Waals surface area contributed by atoms with Crippen LogP contribution in [-0.2, 0) is 4.79 Å². The van der Waals surface area contributed by atoms with Crippen molar-refractivity contribution in [3.63, 3.8) is 0 Å². The molecule has 1 saturated carbocycles. The van der Waals surface area contributed by atoms with Gasteiger partial charge in [0.2, 0.25) is 11.9 Å². The van der Waals surface area contributed by atoms with Crippen LogP contribution in [0.25, 0.3) is 11.5 Å². The molecule has 1 aliphatic carbocycles. The number of anilines is 1. The van der Waals surface area contributed by atoms with Gasteiger partial charge in [-0.15, -0.1) is 10.2 Å². The van der Waals surface area contributed by atoms with Crippen molar-refractivity contribution in [2.24, 2.45) is 5.92 Å². The summed E-state index contributed by atoms with van der Waals surface area (Å²) in [5.74, 6) is 0.405. The van der Waals surface area contributed by atoms with E-state index in [9.17, 15) is 9.18 Å². The third-order valence-corrected chi connectivity index (χ3v) is 4.06. The predicted octanol–water partition coefficient (Wildman–Crippen LogP) is 2.75. The van der Waals surface area contributed by atoms with E-state index in [4.69, 9.17) is 0 Å². The molecule has 2 N–H and O–H groups in total. The number of carbonyl (C=O) groups excluding carboxylic acids is 1. The molecule has 120 valence electrons. The predicted molar refractivity (Wildman–Crippen MR) is 85.5 cm³/mol. The highest BCUT2D eigenvalue weighted by atomic mass is 19.1. The number of nitrogens with zero attached hydrogens (tertiary/aromatic N) is 3. The normalized spacial score (nSPS) is 19.0. The molecule has 2 aromatic heterocycles. The summed E-state index contributed by atoms with van der Waals surface area (Å²) in [6, 6.07) is 11.7. The number of hydrogen-bond donors (Lipinski definition) is 2. The molecule has 0 spiro atoms. The summed E-state index contributed by atoms with van der Waals surface area (Å²) in [5.41, 5.74) is 1.63. The number of rotatable bonds is 4. The van der Waals surface area contributed by atoms with Crippen LogP contribution in [0.5, 0.6) is 0 Å². The van der Waals surface area contributed by atoms with Gasteiger partial charge in [0.25, 0.3) is 0 Å². The minimum absolute atomic E-state index is 0.118. The maximum atomic E-state index is 13.0. The van der Waals surface area contributed by atoms with Gasteiger partial charge in [-0.3, -0.25) is 15.1 Å². The van der Waals surface area contributed by atoms with Gasteiger partial charge in [0.1, 0.15) is 11.5 Å². The van der Waals surface area contributed by atoms with Crippen LogP contribution < -0.4 is 5.32 Å². The minimum atomic E-state index is -0.274. The first-order chi connectivity index (χ1) is 11.7. The van der Waals surface area contributed by atoms with Crippen LogP contribution >= 0.6 is 0 Å². The number of H-pyrrole nitrogens is 1. The zero-order valence-corrected chi connectivity index (χ0v) is 12.6. The van der Waals surface area contributed by atoms with E-state index < -0.39 is 0 Å². The Labute approximate surface area is 137 Å². The minimum Gasteiger partial charge on any atom is -0.306 e. The van der Waals surface area contributed by atoms with E-state index in [1.54, 1.807) is 24.4 Å². The van der Waals surface area contributed by atoms with Crippen LogP contribution in [0.4, 0.5) is 10.3 Å². The standard InChI is InChI=1S/C17H14FN5O/c18-11-6-4-10(5-7-11)12-9-13(12)16(24)21-17-20-15(22-23-17)14-3-1-2-8-19-14/h1-8,12-13H,9H2,(H2,20,21,22,23,24). The lowest BCUT2D eigenvalue weighted by Gasteiger charge is -2.01. The lowest BCUT2D eigenvalue weighted by atomic mass is 10.1. The van der Waals surface area contributed by atoms with E-state index >= 15 is 0 Å². The molecule has 0 bridgehead atoms. The maximum Gasteiger partial charge on any atom is 0.230 e. The summed E-state index contributed by atoms with van der Waals surface area (Å²) < 4.78 is 13.0. The summed E-state index contributed by atoms with van der Waals surface area (Å²) in [6.07, 6.45) is 2.41. The quantitative estimate of drug-likeness (QED) is 0.773. The summed E-state index contributed by atoms with van der Waals surface area (Å²) in [7, 11) is 0. The van der Waals surface area contributed by atoms with Gasteiger partial charge in [-0.2, -0.15) is 0 Å². The Morgan fingerprint density at radius 3 is 2.75 bits per heavy atom. The Morgan fingerprint density at radius 1 is 1.17 bits per heavy atom. The van der Waals surface area contributed by atoms with Crippen molar-refractivity contribution in [2.75, 3.05) is 5.32 Å². The van der Waals surface area contributed by atoms with Crippen molar-refractivity contribution in [3.05, 3.63) is 60.0 Å². The molecule has 2 atom stereocenters. The second-order valence-electron chi connectivity index (χ2n) is 5.73. The van der Waals surface area contributed by atoms with Gasteiger partial charge < -0.3 is 4.98 Å². The highest BCUT2D eigenvalue weighted by Crippen LogP contribution is 2.47. The third kappa shape index (κ3) is 2.88. The first-order valence-electron chi connectivity index (χ1n) is 7.61. The molecule has 0 aliphatic heterocycles. The fourth-order valence-corrected chi connectivity index (χ4v) is 2.71. The molecule has 24 heavy (non-hydrogen) atoms. The van der Waals surface area contributed by atoms with Crippen LogP contribution in [0.15, 0.2) is 48.7 Å². The van der Waals surface area contributed by atoms with Crippen LogP contribution in [-0.4, -0.2) is 26.1 Å². The second-order valence-corrected chi connectivity index (χ2v) is 5.73. The molecule has 6 nitrogen and oxygen atoms in total. The van der Waals surface area contributed by atoms with Crippen molar-refractivity contribution >= 4 is 11.9 Å². The van der Waals surface area contributed by atoms with E-state index in [1.165, 1.54) is 12.1 Å². The largest absolute Gasteiger partial charge is 0.306 e. The van der Waals surface area contributed by atoms with E-state index in [1.807, 2.05) is 12.1 Å². The number of hydrogen-bond acceptors (Lipinski definition) is 4. The lowest BCUT2D eigenvalue weighted by Crippen LogP contribution is -2.15. The topological polar surface area (TPSA) is 83.6 Å². The average molecular weight is 323 g/mol. The van der Waals surface area contributed by atoms with Crippen molar-refractivity contribution in [2.45, 2.75) is 12.3 Å². The maximum absolute atomic E-state index is 13.0. The number of aromatic amines is 1. The molecule has 0 radical (unpaired) electrons. The summed E-state index contributed by atoms with van der Waals surface area (Å²) >= 11 is 0. The Kier molecular flexibility index (Phi) is 3.53. The summed E-state index contributed by atoms with van der Waals surface area (Å²) in [6.45, 7) is 0. The molecule has 1 fully saturated rings. The van der Waals surface area contributed by atoms with Gasteiger partial charge in [0.15, 0.2) is 5.82 Å². The number of amides is 1. The molecular formula is C17H14FN5O. The summed E-state index contributed by atoms with van der Waals surface area (Å²) in [5, 5.41) is 10.6. The fraction of sp³-hybridized carbons (Fsp3) is 0.176. The van der Waals surface area contributed by atoms with Gasteiger partial charge >= 0.3 is 0 Å². The Morgan fingerprint density at radius 2 is 2.00 bits per heavy atom. The smallest absolute Gasteiger partial charge is 0.230 e. The molecule has 4 rings (SSSR count). The first kappa shape index (κ1) is 14.5. The van der Waals surface area contributed by atoms with Crippen molar-refractivity contribution in [1.82, 2.24) is 20.2 Å². The molecular weight excluding hydrogens is 309 g/mol. The number of carbonyl (C=O) groups is 1. The first-order valence-corrected chi connectivity index (χ1v) is 7.61. The van der Waals surface area contributed by atoms with Crippen LogP contribution in [0.2, 0.25) is 0 Å². The SMILES string of the molecule is O=C(Nc1nnc(-c2ccccn2)[nH]1)C1CC1c1ccc(F)cc1. The fourth-order valence-electron chi connectivity index (χ4n) is 2.71. The molecule has 7 heteroatoms. The van der Waals surface area contributed by atoms with Crippen molar-refractivity contribution in [1.29, 1.82) is 0 Å². The number of nitrogens with one attached hydrogen (secondary N) is 2. The Balaban J connectivity index is 1.41. The van der Waals surface area contributed by atoms with Crippen LogP contribution in [0.3, 0.4) is 0 Å². The Hall–Kier alpha value is -3.09. The van der Waals surface area contributed by atoms with Gasteiger partial charge in [-0.05, 0) is 42.2 Å². The number of benzene rings is 1. The second kappa shape index (κ2) is 5.84. The van der Waals surface area contributed by atoms with Gasteiger partial charge in [-0.25, -0.2) is 4.39 Å². The Bertz CT molecular complexity index is 862. The van der Waals surface area contributed by atoms with E-state index in [-0.39, 0.29) is 23.6 Å². The van der Waals surface area contributed by atoms with Crippen molar-refractivity contribution in [3.8, 4) is 11.5 Å². The highest BCUT2D eigenvalue weighted by Gasteiger charge is 2.44. The van der Waals surface area contributed by atoms with Gasteiger partial charge in [0, 0.05) is 12.1 Å². The zero-order chi connectivity index (χ0) is 16.5. The molecule has 2 unspecified atom stereocenters. The van der Waals surface area contributed by atoms with Crippen LogP contribution in [0.1, 0.15) is 17.9 Å². The van der Waals surface area contributed by atoms with Crippen molar-refractivity contribution < 1.29 is 9.18 Å². The third-order valence-electron chi connectivity index (χ3n) is 4.06. The molecule has 1 aromatic carbocycles. The zero-order valence-electron chi connectivity index (χ0n) is 12.6. The molecule has 3 aromatic rings. The van der Waals surface area contributed by atoms with E-state index in [2.05, 4.69) is 25.5 Å². The van der Waals surface area contributed by atoms with Crippen LogP contribution in [0, 0.1) is 11.7 Å². The number of aromatic nitrogens is 4. The summed E-state index contributed by atoms with van der Waals surface area (Å²) in [4.78, 5) is 19.4. The average Bonchev–Trinajstić information content (AvgIpc) is 3.28. The lowest BCUT2D eigenvalue weighted by molar-refractivity contribution is -0.117. The molecule has 1 amide bonds. The van der Waals surface area contributed by atoms with E-state index in [0.29, 0.717) is 17.5 Å². The highest BCUT2D eigenvalue weighted by molar-refractivity contribution is 5.93. The molecule has 1 aliphatic rings. The molecule has 0 saturated heterocycles. The number of halogens is 1.